The molecule has 1 atom stereocenters. The van der Waals surface area contributed by atoms with Gasteiger partial charge in [-0.3, -0.25) is 19.5 Å². The van der Waals surface area contributed by atoms with Gasteiger partial charge in [0.05, 0.1) is 29.3 Å². The highest BCUT2D eigenvalue weighted by atomic mass is 35.5. The van der Waals surface area contributed by atoms with Crippen LogP contribution in [-0.2, 0) is 16.0 Å². The number of benzene rings is 2. The minimum Gasteiger partial charge on any atom is -0.507 e. The van der Waals surface area contributed by atoms with E-state index in [1.54, 1.807) is 36.7 Å². The summed E-state index contributed by atoms with van der Waals surface area (Å²) < 4.78 is 5.35. The highest BCUT2D eigenvalue weighted by Crippen LogP contribution is 2.44. The molecule has 1 aliphatic heterocycles. The zero-order valence-corrected chi connectivity index (χ0v) is 19.4. The van der Waals surface area contributed by atoms with Crippen LogP contribution >= 0.6 is 23.2 Å². The maximum atomic E-state index is 13.2. The molecule has 1 saturated heterocycles. The molecule has 4 rings (SSSR count). The van der Waals surface area contributed by atoms with E-state index in [0.29, 0.717) is 11.3 Å². The fourth-order valence-corrected chi connectivity index (χ4v) is 4.51. The van der Waals surface area contributed by atoms with Crippen molar-refractivity contribution >= 4 is 46.3 Å². The van der Waals surface area contributed by atoms with Crippen molar-refractivity contribution in [3.05, 3.63) is 93.2 Å². The van der Waals surface area contributed by atoms with E-state index in [0.717, 1.165) is 12.0 Å². The molecular formula is C25H20Cl2N2O4. The number of hydrogen-bond donors (Lipinski definition) is 1. The van der Waals surface area contributed by atoms with Gasteiger partial charge in [0, 0.05) is 23.1 Å². The summed E-state index contributed by atoms with van der Waals surface area (Å²) in [4.78, 5) is 31.9. The molecule has 1 fully saturated rings. The van der Waals surface area contributed by atoms with Crippen molar-refractivity contribution in [2.45, 2.75) is 19.4 Å². The highest BCUT2D eigenvalue weighted by molar-refractivity contribution is 6.51. The lowest BCUT2D eigenvalue weighted by atomic mass is 9.95. The molecule has 33 heavy (non-hydrogen) atoms. The zero-order chi connectivity index (χ0) is 23.7. The number of Topliss-reactive ketones (excluding diaryl/α,β-unsaturated/α-hetero) is 1. The lowest BCUT2D eigenvalue weighted by Gasteiger charge is -2.25. The monoisotopic (exact) mass is 482 g/mol. The second kappa shape index (κ2) is 9.25. The van der Waals surface area contributed by atoms with Crippen molar-refractivity contribution < 1.29 is 19.4 Å². The molecular weight excluding hydrogens is 463 g/mol. The molecule has 0 saturated carbocycles. The average Bonchev–Trinajstić information content (AvgIpc) is 3.09. The number of rotatable bonds is 5. The Balaban J connectivity index is 1.97. The molecule has 6 nitrogen and oxygen atoms in total. The number of nitrogens with zero attached hydrogens (tertiary/aromatic N) is 2. The maximum Gasteiger partial charge on any atom is 0.300 e. The molecule has 0 radical (unpaired) electrons. The third kappa shape index (κ3) is 4.08. The summed E-state index contributed by atoms with van der Waals surface area (Å²) in [6.45, 7) is 2.03. The Labute approximate surface area is 201 Å². The molecule has 1 unspecified atom stereocenters. The van der Waals surface area contributed by atoms with Crippen molar-refractivity contribution in [1.29, 1.82) is 0 Å². The molecule has 1 aromatic heterocycles. The van der Waals surface area contributed by atoms with Gasteiger partial charge in [-0.25, -0.2) is 0 Å². The molecule has 8 heteroatoms. The summed E-state index contributed by atoms with van der Waals surface area (Å²) in [5.74, 6) is -1.86. The first-order valence-electron chi connectivity index (χ1n) is 10.2. The van der Waals surface area contributed by atoms with Crippen molar-refractivity contribution in [3.8, 4) is 5.75 Å². The Morgan fingerprint density at radius 1 is 1.09 bits per heavy atom. The van der Waals surface area contributed by atoms with Crippen molar-refractivity contribution in [1.82, 2.24) is 4.98 Å². The van der Waals surface area contributed by atoms with E-state index in [1.165, 1.54) is 24.1 Å². The van der Waals surface area contributed by atoms with Gasteiger partial charge in [0.25, 0.3) is 11.7 Å². The number of halogens is 2. The SMILES string of the molecule is CCc1ccc(N2C(=O)C(=O)/C(=C(/O)c3cc(Cl)cc(Cl)c3OC)C2c2ccncc2)cc1. The van der Waals surface area contributed by atoms with Gasteiger partial charge < -0.3 is 9.84 Å². The van der Waals surface area contributed by atoms with Crippen LogP contribution < -0.4 is 9.64 Å². The van der Waals surface area contributed by atoms with Crippen molar-refractivity contribution in [3.63, 3.8) is 0 Å². The fraction of sp³-hybridized carbons (Fsp3) is 0.160. The van der Waals surface area contributed by atoms with Crippen LogP contribution in [0.2, 0.25) is 10.0 Å². The van der Waals surface area contributed by atoms with Crippen LogP contribution in [0, 0.1) is 0 Å². The number of amides is 1. The summed E-state index contributed by atoms with van der Waals surface area (Å²) in [6, 6.07) is 12.8. The van der Waals surface area contributed by atoms with Gasteiger partial charge in [0.1, 0.15) is 11.5 Å². The van der Waals surface area contributed by atoms with Crippen LogP contribution in [0.25, 0.3) is 5.76 Å². The van der Waals surface area contributed by atoms with E-state index in [-0.39, 0.29) is 26.9 Å². The summed E-state index contributed by atoms with van der Waals surface area (Å²) in [5.41, 5.74) is 2.26. The van der Waals surface area contributed by atoms with Crippen LogP contribution in [0.5, 0.6) is 5.75 Å². The predicted octanol–water partition coefficient (Wildman–Crippen LogP) is 5.59. The van der Waals surface area contributed by atoms with Gasteiger partial charge in [-0.05, 0) is 53.9 Å². The Kier molecular flexibility index (Phi) is 6.40. The third-order valence-corrected chi connectivity index (χ3v) is 6.06. The van der Waals surface area contributed by atoms with Crippen LogP contribution in [-0.4, -0.2) is 28.9 Å². The molecule has 0 spiro atoms. The Morgan fingerprint density at radius 3 is 2.36 bits per heavy atom. The number of anilines is 1. The average molecular weight is 483 g/mol. The van der Waals surface area contributed by atoms with Crippen LogP contribution in [0.15, 0.2) is 66.5 Å². The van der Waals surface area contributed by atoms with Crippen LogP contribution in [0.1, 0.15) is 29.7 Å². The predicted molar refractivity (Wildman–Crippen MR) is 128 cm³/mol. The molecule has 2 heterocycles. The zero-order valence-electron chi connectivity index (χ0n) is 17.9. The minimum atomic E-state index is -0.886. The van der Waals surface area contributed by atoms with Gasteiger partial charge in [0.2, 0.25) is 0 Å². The lowest BCUT2D eigenvalue weighted by molar-refractivity contribution is -0.132. The first-order valence-corrected chi connectivity index (χ1v) is 11.0. The summed E-state index contributed by atoms with van der Waals surface area (Å²) in [5, 5.41) is 11.7. The topological polar surface area (TPSA) is 79.7 Å². The van der Waals surface area contributed by atoms with E-state index in [9.17, 15) is 14.7 Å². The smallest absolute Gasteiger partial charge is 0.300 e. The Morgan fingerprint density at radius 2 is 1.76 bits per heavy atom. The number of methoxy groups -OCH3 is 1. The maximum absolute atomic E-state index is 13.2. The number of ether oxygens (including phenoxy) is 1. The number of ketones is 1. The van der Waals surface area contributed by atoms with E-state index in [1.807, 2.05) is 19.1 Å². The molecule has 0 aliphatic carbocycles. The summed E-state index contributed by atoms with van der Waals surface area (Å²) in [6.07, 6.45) is 3.96. The van der Waals surface area contributed by atoms with Gasteiger partial charge in [-0.2, -0.15) is 0 Å². The second-order valence-electron chi connectivity index (χ2n) is 7.44. The van der Waals surface area contributed by atoms with Gasteiger partial charge in [-0.15, -0.1) is 0 Å². The first kappa shape index (κ1) is 22.8. The summed E-state index contributed by atoms with van der Waals surface area (Å²) in [7, 11) is 1.39. The number of aryl methyl sites for hydroxylation is 1. The van der Waals surface area contributed by atoms with E-state index in [2.05, 4.69) is 4.98 Å². The number of aliphatic hydroxyl groups is 1. The second-order valence-corrected chi connectivity index (χ2v) is 8.28. The van der Waals surface area contributed by atoms with Gasteiger partial charge in [0.15, 0.2) is 0 Å². The van der Waals surface area contributed by atoms with Crippen molar-refractivity contribution in [2.24, 2.45) is 0 Å². The quantitative estimate of drug-likeness (QED) is 0.291. The fourth-order valence-electron chi connectivity index (χ4n) is 3.94. The van der Waals surface area contributed by atoms with Crippen LogP contribution in [0.4, 0.5) is 5.69 Å². The third-order valence-electron chi connectivity index (χ3n) is 5.56. The van der Waals surface area contributed by atoms with E-state index in [4.69, 9.17) is 27.9 Å². The lowest BCUT2D eigenvalue weighted by Crippen LogP contribution is -2.29. The molecule has 168 valence electrons. The largest absolute Gasteiger partial charge is 0.507 e. The number of carbonyl (C=O) groups is 2. The molecule has 0 bridgehead atoms. The molecule has 1 amide bonds. The number of carbonyl (C=O) groups excluding carboxylic acids is 2. The molecule has 1 aliphatic rings. The van der Waals surface area contributed by atoms with Crippen molar-refractivity contribution in [2.75, 3.05) is 12.0 Å². The first-order chi connectivity index (χ1) is 15.9. The minimum absolute atomic E-state index is 0.0950. The van der Waals surface area contributed by atoms with Gasteiger partial charge >= 0.3 is 0 Å². The highest BCUT2D eigenvalue weighted by Gasteiger charge is 2.47. The number of hydrogen-bond acceptors (Lipinski definition) is 5. The van der Waals surface area contributed by atoms with E-state index >= 15 is 0 Å². The van der Waals surface area contributed by atoms with Crippen LogP contribution in [0.3, 0.4) is 0 Å². The molecule has 3 aromatic rings. The van der Waals surface area contributed by atoms with E-state index < -0.39 is 23.5 Å². The Bertz CT molecular complexity index is 1260. The number of aromatic nitrogens is 1. The number of aliphatic hydroxyl groups excluding tert-OH is 1. The molecule has 1 N–H and O–H groups in total. The Hall–Kier alpha value is -3.35. The standard InChI is InChI=1S/C25H20Cl2N2O4/c1-3-14-4-6-17(7-5-14)29-21(15-8-10-28-11-9-15)20(23(31)25(29)32)22(30)18-12-16(26)13-19(27)24(18)33-2/h4-13,21,30H,3H2,1-2H3/b22-20+. The van der Waals surface area contributed by atoms with Gasteiger partial charge in [-0.1, -0.05) is 42.3 Å². The summed E-state index contributed by atoms with van der Waals surface area (Å²) >= 11 is 12.4. The normalized spacial score (nSPS) is 17.5. The molecule has 2 aromatic carbocycles. The number of pyridine rings is 1.